The Morgan fingerprint density at radius 2 is 2.04 bits per heavy atom. The van der Waals surface area contributed by atoms with Gasteiger partial charge in [0.15, 0.2) is 5.16 Å². The number of thiophene rings is 1. The van der Waals surface area contributed by atoms with Crippen molar-refractivity contribution < 1.29 is 9.90 Å². The molecule has 26 heavy (non-hydrogen) atoms. The first-order valence-electron chi connectivity index (χ1n) is 8.08. The molecular formula is C18H19N3O3S2. The summed E-state index contributed by atoms with van der Waals surface area (Å²) in [7, 11) is 0. The third-order valence-electron chi connectivity index (χ3n) is 3.69. The van der Waals surface area contributed by atoms with E-state index in [9.17, 15) is 14.7 Å². The molecule has 0 radical (unpaired) electrons. The molecule has 0 aliphatic rings. The van der Waals surface area contributed by atoms with Crippen molar-refractivity contribution in [2.24, 2.45) is 0 Å². The smallest absolute Gasteiger partial charge is 0.272 e. The molecule has 0 unspecified atom stereocenters. The molecule has 3 aromatic rings. The largest absolute Gasteiger partial charge is 0.395 e. The van der Waals surface area contributed by atoms with Gasteiger partial charge in [-0.15, -0.1) is 11.3 Å². The molecule has 0 saturated carbocycles. The minimum absolute atomic E-state index is 0.125. The molecule has 0 aliphatic carbocycles. The lowest BCUT2D eigenvalue weighted by Gasteiger charge is -2.11. The number of aliphatic hydroxyl groups excluding tert-OH is 1. The fourth-order valence-electron chi connectivity index (χ4n) is 2.70. The molecule has 136 valence electrons. The standard InChI is InChI=1S/C18H19N3O3S2/c1-11-7-12(2)9-13(8-11)19-15(23)10-26-18-20-14-3-6-25-16(14)17(24)21(18)4-5-22/h3,6-9,22H,4-5,10H2,1-2H3,(H,19,23). The zero-order valence-corrected chi connectivity index (χ0v) is 16.1. The summed E-state index contributed by atoms with van der Waals surface area (Å²) in [4.78, 5) is 29.3. The summed E-state index contributed by atoms with van der Waals surface area (Å²) in [6.07, 6.45) is 0. The number of amides is 1. The third-order valence-corrected chi connectivity index (χ3v) is 5.56. The molecule has 8 heteroatoms. The molecule has 2 heterocycles. The number of aryl methyl sites for hydroxylation is 2. The summed E-state index contributed by atoms with van der Waals surface area (Å²) < 4.78 is 1.98. The van der Waals surface area contributed by atoms with Gasteiger partial charge in [-0.3, -0.25) is 14.2 Å². The van der Waals surface area contributed by atoms with Gasteiger partial charge in [0.1, 0.15) is 4.70 Å². The number of aliphatic hydroxyl groups is 1. The number of carbonyl (C=O) groups is 1. The van der Waals surface area contributed by atoms with E-state index >= 15 is 0 Å². The number of hydrogen-bond donors (Lipinski definition) is 2. The van der Waals surface area contributed by atoms with Crippen molar-refractivity contribution in [3.05, 3.63) is 51.1 Å². The molecular weight excluding hydrogens is 370 g/mol. The Morgan fingerprint density at radius 1 is 1.31 bits per heavy atom. The Morgan fingerprint density at radius 3 is 2.73 bits per heavy atom. The highest BCUT2D eigenvalue weighted by Gasteiger charge is 2.14. The van der Waals surface area contributed by atoms with Crippen LogP contribution in [0.1, 0.15) is 11.1 Å². The van der Waals surface area contributed by atoms with Crippen molar-refractivity contribution in [3.8, 4) is 0 Å². The van der Waals surface area contributed by atoms with Crippen molar-refractivity contribution in [2.75, 3.05) is 17.7 Å². The molecule has 2 aromatic heterocycles. The Kier molecular flexibility index (Phi) is 5.75. The number of fused-ring (bicyclic) bond motifs is 1. The SMILES string of the molecule is Cc1cc(C)cc(NC(=O)CSc2nc3ccsc3c(=O)n2CCO)c1. The zero-order chi connectivity index (χ0) is 18.7. The number of thioether (sulfide) groups is 1. The molecule has 1 amide bonds. The van der Waals surface area contributed by atoms with E-state index in [0.29, 0.717) is 15.4 Å². The highest BCUT2D eigenvalue weighted by atomic mass is 32.2. The lowest BCUT2D eigenvalue weighted by atomic mass is 10.1. The second-order valence-corrected chi connectivity index (χ2v) is 7.78. The van der Waals surface area contributed by atoms with E-state index < -0.39 is 0 Å². The van der Waals surface area contributed by atoms with E-state index in [1.807, 2.05) is 37.4 Å². The number of carbonyl (C=O) groups excluding carboxylic acids is 1. The summed E-state index contributed by atoms with van der Waals surface area (Å²) in [5.74, 6) is -0.0456. The van der Waals surface area contributed by atoms with Crippen LogP contribution in [0.5, 0.6) is 0 Å². The molecule has 0 spiro atoms. The van der Waals surface area contributed by atoms with E-state index in [0.717, 1.165) is 16.8 Å². The van der Waals surface area contributed by atoms with E-state index in [1.165, 1.54) is 27.7 Å². The van der Waals surface area contributed by atoms with E-state index in [2.05, 4.69) is 10.3 Å². The second-order valence-electron chi connectivity index (χ2n) is 5.92. The minimum atomic E-state index is -0.184. The Labute approximate surface area is 158 Å². The van der Waals surface area contributed by atoms with Gasteiger partial charge in [0.25, 0.3) is 5.56 Å². The minimum Gasteiger partial charge on any atom is -0.395 e. The van der Waals surface area contributed by atoms with E-state index in [-0.39, 0.29) is 30.4 Å². The highest BCUT2D eigenvalue weighted by molar-refractivity contribution is 7.99. The van der Waals surface area contributed by atoms with Crippen molar-refractivity contribution in [3.63, 3.8) is 0 Å². The van der Waals surface area contributed by atoms with Gasteiger partial charge >= 0.3 is 0 Å². The average molecular weight is 390 g/mol. The van der Waals surface area contributed by atoms with Crippen LogP contribution in [-0.2, 0) is 11.3 Å². The Bertz CT molecular complexity index is 990. The highest BCUT2D eigenvalue weighted by Crippen LogP contribution is 2.21. The summed E-state index contributed by atoms with van der Waals surface area (Å²) in [6.45, 7) is 3.94. The molecule has 0 bridgehead atoms. The van der Waals surface area contributed by atoms with Crippen LogP contribution < -0.4 is 10.9 Å². The molecule has 3 rings (SSSR count). The first kappa shape index (κ1) is 18.6. The van der Waals surface area contributed by atoms with Crippen LogP contribution in [0.4, 0.5) is 5.69 Å². The maximum Gasteiger partial charge on any atom is 0.272 e. The molecule has 0 saturated heterocycles. The zero-order valence-electron chi connectivity index (χ0n) is 14.5. The van der Waals surface area contributed by atoms with Crippen LogP contribution in [-0.4, -0.2) is 32.9 Å². The molecule has 0 atom stereocenters. The van der Waals surface area contributed by atoms with Gasteiger partial charge in [-0.25, -0.2) is 4.98 Å². The van der Waals surface area contributed by atoms with Crippen LogP contribution >= 0.6 is 23.1 Å². The second kappa shape index (κ2) is 8.03. The fourth-order valence-corrected chi connectivity index (χ4v) is 4.31. The quantitative estimate of drug-likeness (QED) is 0.500. The number of benzene rings is 1. The molecule has 6 nitrogen and oxygen atoms in total. The van der Waals surface area contributed by atoms with Gasteiger partial charge in [0.2, 0.25) is 5.91 Å². The summed E-state index contributed by atoms with van der Waals surface area (Å²) in [5, 5.41) is 14.4. The van der Waals surface area contributed by atoms with E-state index in [4.69, 9.17) is 0 Å². The topological polar surface area (TPSA) is 84.2 Å². The number of hydrogen-bond acceptors (Lipinski definition) is 6. The maximum atomic E-state index is 12.5. The van der Waals surface area contributed by atoms with Gasteiger partial charge in [0, 0.05) is 5.69 Å². The summed E-state index contributed by atoms with van der Waals surface area (Å²) in [6, 6.07) is 7.64. The van der Waals surface area contributed by atoms with Gasteiger partial charge in [-0.1, -0.05) is 17.8 Å². The normalized spacial score (nSPS) is 11.0. The fraction of sp³-hybridized carbons (Fsp3) is 0.278. The number of nitrogens with one attached hydrogen (secondary N) is 1. The number of rotatable bonds is 6. The predicted octanol–water partition coefficient (Wildman–Crippen LogP) is 2.80. The Balaban J connectivity index is 1.77. The first-order valence-corrected chi connectivity index (χ1v) is 9.94. The summed E-state index contributed by atoms with van der Waals surface area (Å²) >= 11 is 2.51. The van der Waals surface area contributed by atoms with Crippen molar-refractivity contribution in [1.82, 2.24) is 9.55 Å². The predicted molar refractivity (Wildman–Crippen MR) is 106 cm³/mol. The monoisotopic (exact) mass is 389 g/mol. The van der Waals surface area contributed by atoms with Crippen LogP contribution in [0.15, 0.2) is 39.6 Å². The van der Waals surface area contributed by atoms with Crippen molar-refractivity contribution in [2.45, 2.75) is 25.5 Å². The molecule has 0 fully saturated rings. The molecule has 0 aliphatic heterocycles. The van der Waals surface area contributed by atoms with Crippen LogP contribution in [0.25, 0.3) is 10.2 Å². The lowest BCUT2D eigenvalue weighted by molar-refractivity contribution is -0.113. The van der Waals surface area contributed by atoms with Crippen molar-refractivity contribution >= 4 is 44.9 Å². The van der Waals surface area contributed by atoms with Gasteiger partial charge in [-0.2, -0.15) is 0 Å². The number of aromatic nitrogens is 2. The van der Waals surface area contributed by atoms with Crippen LogP contribution in [0.2, 0.25) is 0 Å². The van der Waals surface area contributed by atoms with Crippen molar-refractivity contribution in [1.29, 1.82) is 0 Å². The average Bonchev–Trinajstić information content (AvgIpc) is 3.03. The van der Waals surface area contributed by atoms with Crippen LogP contribution in [0, 0.1) is 13.8 Å². The Hall–Kier alpha value is -2.16. The van der Waals surface area contributed by atoms with Gasteiger partial charge < -0.3 is 10.4 Å². The maximum absolute atomic E-state index is 12.5. The third kappa shape index (κ3) is 4.14. The van der Waals surface area contributed by atoms with E-state index in [1.54, 1.807) is 6.07 Å². The number of nitrogens with zero attached hydrogens (tertiary/aromatic N) is 2. The number of anilines is 1. The molecule has 1 aromatic carbocycles. The van der Waals surface area contributed by atoms with Gasteiger partial charge in [-0.05, 0) is 48.6 Å². The summed E-state index contributed by atoms with van der Waals surface area (Å²) in [5.41, 5.74) is 3.34. The van der Waals surface area contributed by atoms with Crippen LogP contribution in [0.3, 0.4) is 0 Å². The molecule has 2 N–H and O–H groups in total. The first-order chi connectivity index (χ1) is 12.5. The van der Waals surface area contributed by atoms with Gasteiger partial charge in [0.05, 0.1) is 24.4 Å². The lowest BCUT2D eigenvalue weighted by Crippen LogP contribution is -2.25.